The summed E-state index contributed by atoms with van der Waals surface area (Å²) < 4.78 is 30.5. The Kier molecular flexibility index (Phi) is 20.5. The number of nitrogens with zero attached hydrogens (tertiary/aromatic N) is 1. The molecule has 3 aromatic carbocycles. The zero-order valence-electron chi connectivity index (χ0n) is 38.9. The van der Waals surface area contributed by atoms with Crippen LogP contribution in [-0.4, -0.2) is 86.7 Å². The Hall–Kier alpha value is -6.12. The van der Waals surface area contributed by atoms with Gasteiger partial charge in [-0.1, -0.05) is 50.2 Å². The molecule has 18 heteroatoms. The molecule has 0 fully saturated rings. The Morgan fingerprint density at radius 1 is 0.597 bits per heavy atom. The minimum absolute atomic E-state index is 0.00954. The van der Waals surface area contributed by atoms with Crippen molar-refractivity contribution < 1.29 is 72.9 Å². The number of rotatable bonds is 15. The minimum atomic E-state index is -1.14. The number of aromatic nitrogens is 1. The molecule has 1 aromatic heterocycles. The lowest BCUT2D eigenvalue weighted by Gasteiger charge is -2.08. The second-order valence-electron chi connectivity index (χ2n) is 16.7. The van der Waals surface area contributed by atoms with Crippen molar-refractivity contribution in [3.63, 3.8) is 0 Å². The number of carbonyl (C=O) groups is 5. The molecule has 67 heavy (non-hydrogen) atoms. The number of hydrogen-bond donors (Lipinski definition) is 6. The lowest BCUT2D eigenvalue weighted by atomic mass is 10.0. The van der Waals surface area contributed by atoms with Gasteiger partial charge in [-0.15, -0.1) is 0 Å². The first-order valence-corrected chi connectivity index (χ1v) is 21.9. The van der Waals surface area contributed by atoms with Gasteiger partial charge in [0.1, 0.15) is 11.4 Å². The maximum atomic E-state index is 11.6. The monoisotopic (exact) mass is 931 g/mol. The average molecular weight is 932 g/mol. The van der Waals surface area contributed by atoms with Crippen molar-refractivity contribution in [3.8, 4) is 0 Å². The number of aliphatic hydroxyl groups excluding tert-OH is 3. The number of amides is 2. The van der Waals surface area contributed by atoms with Crippen LogP contribution < -0.4 is 10.8 Å². The third kappa shape index (κ3) is 16.3. The first-order chi connectivity index (χ1) is 31.8. The molecule has 0 radical (unpaired) electrons. The summed E-state index contributed by atoms with van der Waals surface area (Å²) in [7, 11) is 0. The second-order valence-corrected chi connectivity index (χ2v) is 16.7. The van der Waals surface area contributed by atoms with Gasteiger partial charge < -0.3 is 49.1 Å². The van der Waals surface area contributed by atoms with Crippen LogP contribution in [0.4, 0.5) is 0 Å². The van der Waals surface area contributed by atoms with E-state index in [0.717, 1.165) is 29.5 Å². The number of fused-ring (bicyclic) bond motifs is 3. The molecule has 362 valence electrons. The Morgan fingerprint density at radius 2 is 1.06 bits per heavy atom. The number of hydroxylamine groups is 1. The predicted octanol–water partition coefficient (Wildman–Crippen LogP) is 6.34. The van der Waals surface area contributed by atoms with Gasteiger partial charge in [-0.2, -0.15) is 0 Å². The smallest absolute Gasteiger partial charge is 0.341 e. The topological polar surface area (TPSA) is 259 Å². The molecule has 0 aliphatic carbocycles. The van der Waals surface area contributed by atoms with Crippen molar-refractivity contribution >= 4 is 29.7 Å². The van der Waals surface area contributed by atoms with E-state index in [0.29, 0.717) is 65.7 Å². The molecule has 0 saturated carbocycles. The average Bonchev–Trinajstić information content (AvgIpc) is 3.87. The highest BCUT2D eigenvalue weighted by atomic mass is 16.7. The molecule has 7 rings (SSSR count). The van der Waals surface area contributed by atoms with Crippen LogP contribution in [-0.2, 0) is 48.1 Å². The van der Waals surface area contributed by atoms with E-state index >= 15 is 0 Å². The van der Waals surface area contributed by atoms with Crippen molar-refractivity contribution in [3.05, 3.63) is 134 Å². The summed E-state index contributed by atoms with van der Waals surface area (Å²) in [6.07, 6.45) is -1.07. The highest BCUT2D eigenvalue weighted by molar-refractivity contribution is 5.96. The lowest BCUT2D eigenvalue weighted by Crippen LogP contribution is -2.29. The maximum absolute atomic E-state index is 11.6. The highest BCUT2D eigenvalue weighted by Crippen LogP contribution is 2.31. The standard InChI is InChI=1S/C14H18O4.2C12H14O4.C11H15N3O3/c1-9(2)17-7-3-4-10-5-6-11-12(8-10)14(16)18-13(11)15;2*1-7(2)15-6-8-3-4-9-10(5-8)12(14)16-11(9)13;1-7(2)6-12-10(15)8-4-3-5-9(13-8)11(16)14-17/h5-6,8-9,13,15H,3-4,7H2,1-2H3;3-5,7,12,14H,6H2,1-2H3;3-5,7,11,13H,6H2,1-2H3;3-5,7,17H,6H2,1-2H3,(H,12,15)(H,14,16). The molecular weight excluding hydrogens is 871 g/mol. The lowest BCUT2D eigenvalue weighted by molar-refractivity contribution is -0.0558. The molecule has 3 aliphatic rings. The van der Waals surface area contributed by atoms with Gasteiger partial charge in [0.05, 0.1) is 48.2 Å². The summed E-state index contributed by atoms with van der Waals surface area (Å²) >= 11 is 0. The van der Waals surface area contributed by atoms with Gasteiger partial charge >= 0.3 is 17.9 Å². The molecule has 2 amide bonds. The van der Waals surface area contributed by atoms with Gasteiger partial charge in [0.25, 0.3) is 11.8 Å². The normalized spacial score (nSPS) is 16.4. The fraction of sp³-hybridized carbons (Fsp3) is 0.429. The van der Waals surface area contributed by atoms with Gasteiger partial charge in [-0.25, -0.2) is 24.8 Å². The zero-order valence-corrected chi connectivity index (χ0v) is 38.9. The largest absolute Gasteiger partial charge is 0.428 e. The van der Waals surface area contributed by atoms with Gasteiger partial charge in [0.2, 0.25) is 18.9 Å². The molecule has 0 spiro atoms. The number of esters is 3. The molecule has 4 heterocycles. The predicted molar refractivity (Wildman–Crippen MR) is 240 cm³/mol. The van der Waals surface area contributed by atoms with Gasteiger partial charge in [-0.05, 0) is 113 Å². The number of benzene rings is 3. The number of nitrogens with one attached hydrogen (secondary N) is 2. The SMILES string of the molecule is CC(C)CNC(=O)c1cccc(C(=O)NO)n1.CC(C)OCCCc1ccc2c(c1)C(=O)OC2O.CC(C)OCc1ccc2c(c1)C(=O)OC2O.CC(C)OCc1ccc2c(c1)C(O)OC2=O. The van der Waals surface area contributed by atoms with E-state index in [1.54, 1.807) is 42.5 Å². The van der Waals surface area contributed by atoms with E-state index in [2.05, 4.69) is 19.8 Å². The highest BCUT2D eigenvalue weighted by Gasteiger charge is 2.31. The van der Waals surface area contributed by atoms with Crippen molar-refractivity contribution in [2.45, 2.75) is 119 Å². The number of aliphatic hydroxyl groups is 3. The van der Waals surface area contributed by atoms with Crippen LogP contribution >= 0.6 is 0 Å². The van der Waals surface area contributed by atoms with Crippen molar-refractivity contribution in [2.75, 3.05) is 13.2 Å². The van der Waals surface area contributed by atoms with E-state index < -0.39 is 42.7 Å². The van der Waals surface area contributed by atoms with Crippen molar-refractivity contribution in [2.24, 2.45) is 5.92 Å². The number of aryl methyl sites for hydroxylation is 1. The molecule has 3 aliphatic heterocycles. The minimum Gasteiger partial charge on any atom is -0.428 e. The van der Waals surface area contributed by atoms with Crippen molar-refractivity contribution in [1.82, 2.24) is 15.8 Å². The first kappa shape index (κ1) is 53.5. The second kappa shape index (κ2) is 25.7. The number of cyclic esters (lactones) is 3. The van der Waals surface area contributed by atoms with Gasteiger partial charge in [-0.3, -0.25) is 14.8 Å². The molecule has 3 atom stereocenters. The molecule has 4 aromatic rings. The molecule has 6 N–H and O–H groups in total. The Labute approximate surface area is 389 Å². The van der Waals surface area contributed by atoms with Crippen LogP contribution in [0.1, 0.15) is 166 Å². The van der Waals surface area contributed by atoms with E-state index in [-0.39, 0.29) is 35.6 Å². The van der Waals surface area contributed by atoms with Gasteiger partial charge in [0, 0.05) is 29.8 Å². The Morgan fingerprint density at radius 3 is 1.58 bits per heavy atom. The molecular formula is C49H61N3O15. The quantitative estimate of drug-likeness (QED) is 0.0250. The molecule has 0 bridgehead atoms. The van der Waals surface area contributed by atoms with Crippen LogP contribution in [0.15, 0.2) is 72.8 Å². The zero-order chi connectivity index (χ0) is 49.4. The summed E-state index contributed by atoms with van der Waals surface area (Å²) in [6, 6.07) is 20.3. The van der Waals surface area contributed by atoms with Crippen LogP contribution in [0, 0.1) is 5.92 Å². The summed E-state index contributed by atoms with van der Waals surface area (Å²) in [5, 5.41) is 39.5. The van der Waals surface area contributed by atoms with E-state index in [9.17, 15) is 39.3 Å². The fourth-order valence-corrected chi connectivity index (χ4v) is 6.27. The number of ether oxygens (including phenoxy) is 6. The molecule has 0 saturated heterocycles. The van der Waals surface area contributed by atoms with Crippen molar-refractivity contribution in [1.29, 1.82) is 0 Å². The third-order valence-electron chi connectivity index (χ3n) is 9.68. The molecule has 18 nitrogen and oxygen atoms in total. The summed E-state index contributed by atoms with van der Waals surface area (Å²) in [5.74, 6) is -2.15. The van der Waals surface area contributed by atoms with Crippen LogP contribution in [0.2, 0.25) is 0 Å². The van der Waals surface area contributed by atoms with Crippen LogP contribution in [0.3, 0.4) is 0 Å². The first-order valence-electron chi connectivity index (χ1n) is 21.9. The molecule has 3 unspecified atom stereocenters. The number of pyridine rings is 1. The van der Waals surface area contributed by atoms with E-state index in [1.165, 1.54) is 23.7 Å². The summed E-state index contributed by atoms with van der Waals surface area (Å²) in [5.41, 5.74) is 7.43. The summed E-state index contributed by atoms with van der Waals surface area (Å²) in [6.45, 7) is 17.9. The van der Waals surface area contributed by atoms with Crippen LogP contribution in [0.5, 0.6) is 0 Å². The third-order valence-corrected chi connectivity index (χ3v) is 9.68. The Bertz CT molecular complexity index is 2330. The fourth-order valence-electron chi connectivity index (χ4n) is 6.27. The van der Waals surface area contributed by atoms with E-state index in [1.807, 2.05) is 67.5 Å². The van der Waals surface area contributed by atoms with Gasteiger partial charge in [0.15, 0.2) is 0 Å². The van der Waals surface area contributed by atoms with Crippen LogP contribution in [0.25, 0.3) is 0 Å². The van der Waals surface area contributed by atoms with E-state index in [4.69, 9.17) is 24.2 Å². The Balaban J connectivity index is 0.000000195. The maximum Gasteiger partial charge on any atom is 0.341 e. The number of hydrogen-bond acceptors (Lipinski definition) is 16. The number of carbonyl (C=O) groups excluding carboxylic acids is 5. The summed E-state index contributed by atoms with van der Waals surface area (Å²) in [4.78, 5) is 60.6.